The molecule has 2 aliphatic heterocycles. The van der Waals surface area contributed by atoms with Crippen molar-refractivity contribution in [2.45, 2.75) is 71.0 Å². The molecule has 2 N–H and O–H groups in total. The number of carbonyl (C=O) groups excluding carboxylic acids is 1. The van der Waals surface area contributed by atoms with E-state index in [0.717, 1.165) is 67.3 Å². The molecule has 0 aliphatic carbocycles. The molecule has 1 aromatic carbocycles. The van der Waals surface area contributed by atoms with Crippen LogP contribution >= 0.6 is 11.8 Å². The molecular formula is C27H36F5N3O2S. The van der Waals surface area contributed by atoms with Crippen molar-refractivity contribution in [2.75, 3.05) is 26.2 Å². The molecule has 1 aromatic rings. The maximum absolute atomic E-state index is 14.1. The van der Waals surface area contributed by atoms with Gasteiger partial charge in [-0.15, -0.1) is 0 Å². The van der Waals surface area contributed by atoms with Gasteiger partial charge in [0.15, 0.2) is 0 Å². The lowest BCUT2D eigenvalue weighted by Gasteiger charge is -2.32. The highest BCUT2D eigenvalue weighted by Crippen LogP contribution is 2.37. The summed E-state index contributed by atoms with van der Waals surface area (Å²) in [6.45, 7) is 4.94. The second kappa shape index (κ2) is 13.4. The minimum absolute atomic E-state index is 0.151. The smallest absolute Gasteiger partial charge is 0.396 e. The van der Waals surface area contributed by atoms with Gasteiger partial charge >= 0.3 is 6.18 Å². The molecule has 2 aliphatic rings. The number of carbonyl (C=O) groups is 1. The largest absolute Gasteiger partial charge is 0.416 e. The quantitative estimate of drug-likeness (QED) is 0.227. The van der Waals surface area contributed by atoms with Gasteiger partial charge < -0.3 is 10.4 Å². The lowest BCUT2D eigenvalue weighted by Crippen LogP contribution is -2.33. The van der Waals surface area contributed by atoms with E-state index in [0.29, 0.717) is 44.4 Å². The van der Waals surface area contributed by atoms with E-state index < -0.39 is 23.2 Å². The number of aliphatic hydroxyl groups excluding tert-OH is 1. The monoisotopic (exact) mass is 561 g/mol. The van der Waals surface area contributed by atoms with Crippen molar-refractivity contribution in [2.24, 2.45) is 16.8 Å². The topological polar surface area (TPSA) is 64.9 Å². The Hall–Kier alpha value is -1.98. The van der Waals surface area contributed by atoms with Crippen LogP contribution in [-0.2, 0) is 18.6 Å². The molecule has 0 saturated carbocycles. The molecule has 3 rings (SSSR count). The van der Waals surface area contributed by atoms with Gasteiger partial charge in [0.1, 0.15) is 5.84 Å². The minimum atomic E-state index is -4.68. The van der Waals surface area contributed by atoms with E-state index in [9.17, 15) is 26.7 Å². The number of hydrogen-bond acceptors (Lipinski definition) is 5. The van der Waals surface area contributed by atoms with Gasteiger partial charge in [-0.2, -0.15) is 13.2 Å². The lowest BCUT2D eigenvalue weighted by atomic mass is 9.94. The SMILES string of the molecule is CC(CCCO)CCCN=C1NC(=O)SC1=CC1CCN(Cc2ccc(C(F)(F)F)cc2C(C)(F)F)CC1. The molecule has 2 fully saturated rings. The number of nitrogens with one attached hydrogen (secondary N) is 1. The van der Waals surface area contributed by atoms with Gasteiger partial charge in [0.05, 0.1) is 10.5 Å². The Bertz CT molecular complexity index is 1010. The number of amides is 1. The summed E-state index contributed by atoms with van der Waals surface area (Å²) in [5, 5.41) is 11.6. The molecule has 2 saturated heterocycles. The molecule has 0 radical (unpaired) electrons. The number of allylic oxidation sites excluding steroid dienone is 1. The van der Waals surface area contributed by atoms with Crippen molar-refractivity contribution in [3.63, 3.8) is 0 Å². The molecule has 5 nitrogen and oxygen atoms in total. The summed E-state index contributed by atoms with van der Waals surface area (Å²) in [7, 11) is 0. The number of nitrogens with zero attached hydrogens (tertiary/aromatic N) is 2. The fourth-order valence-electron chi connectivity index (χ4n) is 4.81. The summed E-state index contributed by atoms with van der Waals surface area (Å²) in [5.74, 6) is -2.10. The van der Waals surface area contributed by atoms with Gasteiger partial charge in [0, 0.05) is 32.2 Å². The number of aliphatic imine (C=N–C) groups is 1. The highest BCUT2D eigenvalue weighted by molar-refractivity contribution is 8.18. The first kappa shape index (κ1) is 30.6. The van der Waals surface area contributed by atoms with Crippen molar-refractivity contribution in [3.8, 4) is 0 Å². The Morgan fingerprint density at radius 1 is 1.18 bits per heavy atom. The van der Waals surface area contributed by atoms with Crippen LogP contribution in [0.5, 0.6) is 0 Å². The van der Waals surface area contributed by atoms with Gasteiger partial charge in [0.25, 0.3) is 11.2 Å². The van der Waals surface area contributed by atoms with E-state index in [1.54, 1.807) is 0 Å². The Morgan fingerprint density at radius 3 is 2.50 bits per heavy atom. The Morgan fingerprint density at radius 2 is 1.87 bits per heavy atom. The molecule has 212 valence electrons. The summed E-state index contributed by atoms with van der Waals surface area (Å²) < 4.78 is 67.5. The number of likely N-dealkylation sites (tertiary alicyclic amines) is 1. The van der Waals surface area contributed by atoms with Crippen molar-refractivity contribution in [1.29, 1.82) is 0 Å². The summed E-state index contributed by atoms with van der Waals surface area (Å²) in [4.78, 5) is 19.4. The Balaban J connectivity index is 1.57. The van der Waals surface area contributed by atoms with E-state index in [2.05, 4.69) is 17.2 Å². The number of thioether (sulfide) groups is 1. The first-order valence-corrected chi connectivity index (χ1v) is 13.9. The van der Waals surface area contributed by atoms with Gasteiger partial charge in [-0.05, 0) is 92.9 Å². The van der Waals surface area contributed by atoms with Crippen molar-refractivity contribution in [3.05, 3.63) is 45.9 Å². The standard InChI is InChI=1S/C27H36F5N3O2S/c1-18(6-4-14-36)5-3-11-33-24-23(38-25(37)34-24)15-19-9-12-35(13-10-19)17-20-7-8-21(27(30,31)32)16-22(20)26(2,28)29/h7-8,15-16,18-19,36H,3-6,9-14,17H2,1-2H3,(H,33,34,37). The first-order chi connectivity index (χ1) is 17.9. The zero-order valence-electron chi connectivity index (χ0n) is 21.8. The lowest BCUT2D eigenvalue weighted by molar-refractivity contribution is -0.137. The van der Waals surface area contributed by atoms with Gasteiger partial charge in [-0.1, -0.05) is 19.1 Å². The van der Waals surface area contributed by atoms with Crippen LogP contribution in [0.2, 0.25) is 0 Å². The molecule has 0 aromatic heterocycles. The van der Waals surface area contributed by atoms with Crippen molar-refractivity contribution in [1.82, 2.24) is 10.2 Å². The van der Waals surface area contributed by atoms with Crippen molar-refractivity contribution < 1.29 is 31.9 Å². The van der Waals surface area contributed by atoms with E-state index in [4.69, 9.17) is 5.11 Å². The highest BCUT2D eigenvalue weighted by Gasteiger charge is 2.35. The number of piperidine rings is 1. The zero-order chi connectivity index (χ0) is 27.9. The van der Waals surface area contributed by atoms with Crippen LogP contribution in [0.1, 0.15) is 69.1 Å². The van der Waals surface area contributed by atoms with E-state index >= 15 is 0 Å². The second-order valence-corrected chi connectivity index (χ2v) is 11.3. The van der Waals surface area contributed by atoms with Crippen LogP contribution in [0.3, 0.4) is 0 Å². The number of rotatable bonds is 11. The number of hydrogen-bond donors (Lipinski definition) is 2. The average Bonchev–Trinajstić information content (AvgIpc) is 3.19. The molecule has 0 bridgehead atoms. The van der Waals surface area contributed by atoms with Gasteiger partial charge in [-0.3, -0.25) is 14.7 Å². The summed E-state index contributed by atoms with van der Waals surface area (Å²) in [6.07, 6.45) is 2.52. The number of amidine groups is 1. The fourth-order valence-corrected chi connectivity index (χ4v) is 5.63. The number of alkyl halides is 5. The maximum atomic E-state index is 14.1. The number of benzene rings is 1. The van der Waals surface area contributed by atoms with Gasteiger partial charge in [0.2, 0.25) is 0 Å². The van der Waals surface area contributed by atoms with Crippen LogP contribution in [-0.4, -0.2) is 47.3 Å². The average molecular weight is 562 g/mol. The Labute approximate surface area is 225 Å². The van der Waals surface area contributed by atoms with E-state index in [-0.39, 0.29) is 29.9 Å². The highest BCUT2D eigenvalue weighted by atomic mass is 32.2. The molecule has 1 amide bonds. The number of aliphatic hydroxyl groups is 1. The fraction of sp³-hybridized carbons (Fsp3) is 0.630. The molecule has 0 spiro atoms. The van der Waals surface area contributed by atoms with Crippen LogP contribution < -0.4 is 5.32 Å². The van der Waals surface area contributed by atoms with Gasteiger partial charge in [-0.25, -0.2) is 8.78 Å². The van der Waals surface area contributed by atoms with Crippen LogP contribution in [0.15, 0.2) is 34.2 Å². The number of halogens is 5. The Kier molecular flexibility index (Phi) is 10.8. The van der Waals surface area contributed by atoms with E-state index in [1.807, 2.05) is 11.0 Å². The third-order valence-corrected chi connectivity index (χ3v) is 7.80. The minimum Gasteiger partial charge on any atom is -0.396 e. The summed E-state index contributed by atoms with van der Waals surface area (Å²) in [6, 6.07) is 2.58. The third kappa shape index (κ3) is 9.05. The van der Waals surface area contributed by atoms with Crippen LogP contribution in [0.4, 0.5) is 26.7 Å². The normalized spacial score (nSPS) is 20.9. The maximum Gasteiger partial charge on any atom is 0.416 e. The zero-order valence-corrected chi connectivity index (χ0v) is 22.6. The predicted molar refractivity (Wildman–Crippen MR) is 140 cm³/mol. The summed E-state index contributed by atoms with van der Waals surface area (Å²) >= 11 is 1.12. The second-order valence-electron chi connectivity index (χ2n) is 10.3. The molecular weight excluding hydrogens is 525 g/mol. The molecule has 38 heavy (non-hydrogen) atoms. The van der Waals surface area contributed by atoms with Crippen LogP contribution in [0, 0.1) is 11.8 Å². The summed E-state index contributed by atoms with van der Waals surface area (Å²) in [5.41, 5.74) is -1.47. The van der Waals surface area contributed by atoms with Crippen LogP contribution in [0.25, 0.3) is 0 Å². The van der Waals surface area contributed by atoms with Crippen molar-refractivity contribution >= 4 is 22.8 Å². The molecule has 1 unspecified atom stereocenters. The first-order valence-electron chi connectivity index (χ1n) is 13.0. The molecule has 1 atom stereocenters. The predicted octanol–water partition coefficient (Wildman–Crippen LogP) is 6.96. The van der Waals surface area contributed by atoms with E-state index in [1.165, 1.54) is 0 Å². The third-order valence-electron chi connectivity index (χ3n) is 6.96. The molecule has 2 heterocycles. The molecule has 11 heteroatoms.